The minimum absolute atomic E-state index is 0.0133. The number of aromatic amines is 1. The van der Waals surface area contributed by atoms with Crippen LogP contribution >= 0.6 is 23.2 Å². The summed E-state index contributed by atoms with van der Waals surface area (Å²) in [6.07, 6.45) is -4.80. The van der Waals surface area contributed by atoms with E-state index in [0.29, 0.717) is 0 Å². The molecule has 3 rings (SSSR count). The molecule has 142 valence electrons. The topological polar surface area (TPSA) is 88.8 Å². The Hall–Kier alpha value is -2.07. The Morgan fingerprint density at radius 3 is 2.33 bits per heavy atom. The number of benzene rings is 2. The first-order chi connectivity index (χ1) is 12.5. The number of nitrogens with two attached hydrogens (primary N) is 1. The zero-order valence-corrected chi connectivity index (χ0v) is 15.5. The van der Waals surface area contributed by atoms with Gasteiger partial charge in [0, 0.05) is 26.7 Å². The lowest BCUT2D eigenvalue weighted by atomic mass is 9.98. The molecule has 0 radical (unpaired) electrons. The van der Waals surface area contributed by atoms with E-state index >= 15 is 0 Å². The third-order valence-electron chi connectivity index (χ3n) is 3.70. The van der Waals surface area contributed by atoms with Crippen LogP contribution in [0.3, 0.4) is 0 Å². The maximum atomic E-state index is 13.5. The normalized spacial score (nSPS) is 12.4. The minimum Gasteiger partial charge on any atom is -0.272 e. The molecule has 0 fully saturated rings. The minimum atomic E-state index is -4.80. The van der Waals surface area contributed by atoms with Gasteiger partial charge in [0.2, 0.25) is 10.0 Å². The molecule has 1 heterocycles. The summed E-state index contributed by atoms with van der Waals surface area (Å²) >= 11 is 12.0. The van der Waals surface area contributed by atoms with Gasteiger partial charge in [-0.2, -0.15) is 18.3 Å². The highest BCUT2D eigenvalue weighted by molar-refractivity contribution is 7.89. The summed E-state index contributed by atoms with van der Waals surface area (Å²) in [6, 6.07) is 9.32. The van der Waals surface area contributed by atoms with Crippen molar-refractivity contribution in [2.75, 3.05) is 0 Å². The van der Waals surface area contributed by atoms with Crippen LogP contribution < -0.4 is 5.14 Å². The van der Waals surface area contributed by atoms with Gasteiger partial charge in [-0.1, -0.05) is 41.4 Å². The number of aromatic nitrogens is 2. The third-order valence-corrected chi connectivity index (χ3v) is 5.23. The molecule has 1 aromatic heterocycles. The summed E-state index contributed by atoms with van der Waals surface area (Å²) < 4.78 is 64.4. The average molecular weight is 436 g/mol. The average Bonchev–Trinajstić information content (AvgIpc) is 3.01. The summed E-state index contributed by atoms with van der Waals surface area (Å²) in [5, 5.41) is 11.0. The van der Waals surface area contributed by atoms with Crippen LogP contribution in [-0.2, 0) is 16.2 Å². The van der Waals surface area contributed by atoms with Crippen molar-refractivity contribution >= 4 is 33.2 Å². The molecule has 3 aromatic rings. The Labute approximate surface area is 162 Å². The second-order valence-electron chi connectivity index (χ2n) is 5.49. The molecule has 0 atom stereocenters. The van der Waals surface area contributed by atoms with E-state index in [1.807, 2.05) is 5.10 Å². The van der Waals surface area contributed by atoms with Crippen molar-refractivity contribution in [2.24, 2.45) is 5.14 Å². The maximum absolute atomic E-state index is 13.5. The number of rotatable bonds is 3. The number of sulfonamides is 1. The fraction of sp³-hybridized carbons (Fsp3) is 0.0625. The van der Waals surface area contributed by atoms with Gasteiger partial charge in [0.05, 0.1) is 4.90 Å². The highest BCUT2D eigenvalue weighted by Gasteiger charge is 2.39. The lowest BCUT2D eigenvalue weighted by molar-refractivity contribution is -0.140. The number of alkyl halides is 3. The first kappa shape index (κ1) is 19.7. The lowest BCUT2D eigenvalue weighted by Crippen LogP contribution is -2.13. The molecule has 0 saturated heterocycles. The van der Waals surface area contributed by atoms with E-state index in [1.54, 1.807) is 0 Å². The Balaban J connectivity index is 2.42. The van der Waals surface area contributed by atoms with Crippen molar-refractivity contribution < 1.29 is 21.6 Å². The van der Waals surface area contributed by atoms with Gasteiger partial charge in [-0.15, -0.1) is 0 Å². The quantitative estimate of drug-likeness (QED) is 0.623. The summed E-state index contributed by atoms with van der Waals surface area (Å²) in [7, 11) is -4.22. The standard InChI is InChI=1S/C16H10Cl2F3N3O2S/c17-8-5-6-11(18)10(7-8)13-14(23-24-15(13)16(19,20)21)9-3-1-2-4-12(9)27(22,25)26/h1-7H,(H,23,24)(H2,22,25,26). The van der Waals surface area contributed by atoms with Gasteiger partial charge in [-0.3, -0.25) is 5.10 Å². The van der Waals surface area contributed by atoms with Crippen molar-refractivity contribution in [1.82, 2.24) is 10.2 Å². The molecule has 5 nitrogen and oxygen atoms in total. The lowest BCUT2D eigenvalue weighted by Gasteiger charge is -2.12. The SMILES string of the molecule is NS(=O)(=O)c1ccccc1-c1n[nH]c(C(F)(F)F)c1-c1cc(Cl)ccc1Cl. The molecule has 3 N–H and O–H groups in total. The zero-order valence-electron chi connectivity index (χ0n) is 13.2. The third kappa shape index (κ3) is 3.81. The van der Waals surface area contributed by atoms with Gasteiger partial charge in [-0.05, 0) is 24.3 Å². The van der Waals surface area contributed by atoms with Crippen molar-refractivity contribution in [3.8, 4) is 22.4 Å². The van der Waals surface area contributed by atoms with Crippen molar-refractivity contribution in [1.29, 1.82) is 0 Å². The fourth-order valence-corrected chi connectivity index (χ4v) is 3.73. The van der Waals surface area contributed by atoms with Gasteiger partial charge in [0.15, 0.2) is 0 Å². The molecule has 0 aliphatic heterocycles. The Bertz CT molecular complexity index is 1130. The predicted molar refractivity (Wildman–Crippen MR) is 95.9 cm³/mol. The van der Waals surface area contributed by atoms with Crippen LogP contribution in [0.2, 0.25) is 10.0 Å². The van der Waals surface area contributed by atoms with Gasteiger partial charge in [0.1, 0.15) is 11.4 Å². The zero-order chi connectivity index (χ0) is 20.0. The molecule has 0 bridgehead atoms. The molecular formula is C16H10Cl2F3N3O2S. The smallest absolute Gasteiger partial charge is 0.272 e. The van der Waals surface area contributed by atoms with E-state index in [1.165, 1.54) is 42.5 Å². The first-order valence-electron chi connectivity index (χ1n) is 7.23. The second-order valence-corrected chi connectivity index (χ2v) is 7.86. The first-order valence-corrected chi connectivity index (χ1v) is 9.53. The highest BCUT2D eigenvalue weighted by atomic mass is 35.5. The van der Waals surface area contributed by atoms with Crippen LogP contribution in [0, 0.1) is 0 Å². The monoisotopic (exact) mass is 435 g/mol. The summed E-state index contributed by atoms with van der Waals surface area (Å²) in [6.45, 7) is 0. The molecule has 27 heavy (non-hydrogen) atoms. The Kier molecular flexibility index (Phi) is 4.98. The number of nitrogens with zero attached hydrogens (tertiary/aromatic N) is 1. The van der Waals surface area contributed by atoms with Gasteiger partial charge >= 0.3 is 6.18 Å². The van der Waals surface area contributed by atoms with E-state index < -0.39 is 27.5 Å². The predicted octanol–water partition coefficient (Wildman–Crippen LogP) is 4.72. The summed E-state index contributed by atoms with van der Waals surface area (Å²) in [4.78, 5) is -0.371. The molecular weight excluding hydrogens is 426 g/mol. The van der Waals surface area contributed by atoms with Gasteiger partial charge in [0.25, 0.3) is 0 Å². The molecule has 11 heteroatoms. The van der Waals surface area contributed by atoms with E-state index in [4.69, 9.17) is 28.3 Å². The molecule has 0 aliphatic carbocycles. The number of hydrogen-bond donors (Lipinski definition) is 2. The van der Waals surface area contributed by atoms with E-state index in [-0.39, 0.29) is 31.8 Å². The molecule has 0 aliphatic rings. The Morgan fingerprint density at radius 1 is 1.04 bits per heavy atom. The molecule has 0 saturated carbocycles. The Morgan fingerprint density at radius 2 is 1.70 bits per heavy atom. The molecule has 0 amide bonds. The van der Waals surface area contributed by atoms with Crippen LogP contribution in [-0.4, -0.2) is 18.6 Å². The fourth-order valence-electron chi connectivity index (χ4n) is 2.60. The second kappa shape index (κ2) is 6.83. The van der Waals surface area contributed by atoms with Crippen LogP contribution in [0.25, 0.3) is 22.4 Å². The van der Waals surface area contributed by atoms with Gasteiger partial charge in [-0.25, -0.2) is 13.6 Å². The number of nitrogens with one attached hydrogen (secondary N) is 1. The maximum Gasteiger partial charge on any atom is 0.433 e. The molecule has 2 aromatic carbocycles. The van der Waals surface area contributed by atoms with Crippen LogP contribution in [0.4, 0.5) is 13.2 Å². The number of primary sulfonamides is 1. The highest BCUT2D eigenvalue weighted by Crippen LogP contribution is 2.44. The van der Waals surface area contributed by atoms with Crippen LogP contribution in [0.15, 0.2) is 47.4 Å². The van der Waals surface area contributed by atoms with E-state index in [2.05, 4.69) is 5.10 Å². The largest absolute Gasteiger partial charge is 0.433 e. The number of halogens is 5. The summed E-state index contributed by atoms with van der Waals surface area (Å²) in [5.41, 5.74) is -2.03. The molecule has 0 spiro atoms. The van der Waals surface area contributed by atoms with E-state index in [0.717, 1.165) is 0 Å². The van der Waals surface area contributed by atoms with Crippen molar-refractivity contribution in [3.05, 3.63) is 58.2 Å². The summed E-state index contributed by atoms with van der Waals surface area (Å²) in [5.74, 6) is 0. The van der Waals surface area contributed by atoms with Crippen LogP contribution in [0.5, 0.6) is 0 Å². The van der Waals surface area contributed by atoms with Crippen molar-refractivity contribution in [2.45, 2.75) is 11.1 Å². The van der Waals surface area contributed by atoms with E-state index in [9.17, 15) is 21.6 Å². The molecule has 0 unspecified atom stereocenters. The number of H-pyrrole nitrogens is 1. The van der Waals surface area contributed by atoms with Crippen molar-refractivity contribution in [3.63, 3.8) is 0 Å². The number of hydrogen-bond acceptors (Lipinski definition) is 3. The van der Waals surface area contributed by atoms with Crippen LogP contribution in [0.1, 0.15) is 5.69 Å². The van der Waals surface area contributed by atoms with Gasteiger partial charge < -0.3 is 0 Å².